The van der Waals surface area contributed by atoms with E-state index in [-0.39, 0.29) is 0 Å². The minimum atomic E-state index is 0.455. The van der Waals surface area contributed by atoms with E-state index in [9.17, 15) is 0 Å². The molecule has 0 radical (unpaired) electrons. The lowest BCUT2D eigenvalue weighted by atomic mass is 9.89. The minimum Gasteiger partial charge on any atom is -0.403 e. The van der Waals surface area contributed by atoms with Gasteiger partial charge in [-0.05, 0) is 93.3 Å². The fourth-order valence-electron chi connectivity index (χ4n) is 6.71. The largest absolute Gasteiger partial charge is 0.403 e. The van der Waals surface area contributed by atoms with E-state index in [1.165, 1.54) is 47.5 Å². The molecule has 1 unspecified atom stereocenters. The van der Waals surface area contributed by atoms with Gasteiger partial charge in [0, 0.05) is 60.8 Å². The molecule has 4 rings (SSSR count). The van der Waals surface area contributed by atoms with Crippen LogP contribution in [0, 0.1) is 25.7 Å². The van der Waals surface area contributed by atoms with Crippen LogP contribution in [0.5, 0.6) is 0 Å². The number of rotatable bonds is 14. The molecular formula is C39H55N5. The lowest BCUT2D eigenvalue weighted by Crippen LogP contribution is -2.46. The van der Waals surface area contributed by atoms with Crippen molar-refractivity contribution in [3.8, 4) is 11.1 Å². The monoisotopic (exact) mass is 593 g/mol. The highest BCUT2D eigenvalue weighted by Crippen LogP contribution is 2.35. The Kier molecular flexibility index (Phi) is 11.9. The number of hydrogen-bond acceptors (Lipinski definition) is 5. The molecule has 1 atom stereocenters. The fraction of sp³-hybridized carbons (Fsp3) is 0.487. The second kappa shape index (κ2) is 15.6. The maximum absolute atomic E-state index is 6.28. The molecule has 0 aliphatic carbocycles. The molecule has 0 amide bonds. The summed E-state index contributed by atoms with van der Waals surface area (Å²) in [6, 6.07) is 13.1. The highest BCUT2D eigenvalue weighted by Gasteiger charge is 2.24. The van der Waals surface area contributed by atoms with Crippen LogP contribution in [0.3, 0.4) is 0 Å². The smallest absolute Gasteiger partial charge is 0.0858 e. The van der Waals surface area contributed by atoms with Crippen LogP contribution in [0.1, 0.15) is 82.6 Å². The molecule has 5 heteroatoms. The highest BCUT2D eigenvalue weighted by molar-refractivity contribution is 6.03. The zero-order chi connectivity index (χ0) is 31.8. The lowest BCUT2D eigenvalue weighted by Gasteiger charge is -2.37. The van der Waals surface area contributed by atoms with Crippen LogP contribution in [-0.4, -0.2) is 60.5 Å². The highest BCUT2D eigenvalue weighted by atomic mass is 15.2. The summed E-state index contributed by atoms with van der Waals surface area (Å²) in [5.74, 6) is 1.24. The van der Waals surface area contributed by atoms with Crippen LogP contribution in [0.2, 0.25) is 0 Å². The quantitative estimate of drug-likeness (QED) is 0.223. The predicted molar refractivity (Wildman–Crippen MR) is 192 cm³/mol. The third kappa shape index (κ3) is 7.68. The number of nitrogens with zero attached hydrogens (tertiary/aromatic N) is 4. The first-order valence-electron chi connectivity index (χ1n) is 16.8. The number of allylic oxidation sites excluding steroid dienone is 1. The molecule has 0 bridgehead atoms. The van der Waals surface area contributed by atoms with Crippen molar-refractivity contribution >= 4 is 22.8 Å². The topological polar surface area (TPSA) is 57.2 Å². The lowest BCUT2D eigenvalue weighted by molar-refractivity contribution is 0.127. The number of nitrogens with two attached hydrogens (primary N) is 1. The number of likely N-dealkylation sites (tertiary alicyclic amines) is 2. The summed E-state index contributed by atoms with van der Waals surface area (Å²) in [4.78, 5) is 15.4. The van der Waals surface area contributed by atoms with E-state index in [2.05, 4.69) is 107 Å². The van der Waals surface area contributed by atoms with Gasteiger partial charge in [-0.15, -0.1) is 0 Å². The van der Waals surface area contributed by atoms with E-state index in [1.807, 2.05) is 0 Å². The summed E-state index contributed by atoms with van der Waals surface area (Å²) >= 11 is 0. The van der Waals surface area contributed by atoms with E-state index in [4.69, 9.17) is 15.7 Å². The Morgan fingerprint density at radius 3 is 2.00 bits per heavy atom. The van der Waals surface area contributed by atoms with E-state index in [0.29, 0.717) is 5.92 Å². The molecule has 2 aromatic rings. The average Bonchev–Trinajstić information content (AvgIpc) is 2.99. The molecule has 2 aliphatic rings. The molecule has 2 heterocycles. The second-order valence-corrected chi connectivity index (χ2v) is 12.7. The summed E-state index contributed by atoms with van der Waals surface area (Å²) < 4.78 is 0. The van der Waals surface area contributed by atoms with Crippen LogP contribution < -0.4 is 5.73 Å². The summed E-state index contributed by atoms with van der Waals surface area (Å²) in [5, 5.41) is 0. The van der Waals surface area contributed by atoms with Gasteiger partial charge in [0.15, 0.2) is 0 Å². The van der Waals surface area contributed by atoms with Crippen LogP contribution in [0.4, 0.5) is 0 Å². The molecule has 2 aromatic carbocycles. The molecule has 0 saturated carbocycles. The maximum atomic E-state index is 6.28. The Balaban J connectivity index is 1.65. The third-order valence-electron chi connectivity index (χ3n) is 9.51. The molecule has 2 saturated heterocycles. The van der Waals surface area contributed by atoms with Crippen molar-refractivity contribution in [3.63, 3.8) is 0 Å². The zero-order valence-corrected chi connectivity index (χ0v) is 28.4. The van der Waals surface area contributed by atoms with Gasteiger partial charge in [0.2, 0.25) is 0 Å². The van der Waals surface area contributed by atoms with Crippen molar-refractivity contribution in [2.24, 2.45) is 27.6 Å². The molecule has 0 aromatic heterocycles. The molecule has 44 heavy (non-hydrogen) atoms. The van der Waals surface area contributed by atoms with Gasteiger partial charge in [-0.25, -0.2) is 0 Å². The number of aliphatic imine (C=N–C) groups is 2. The van der Waals surface area contributed by atoms with Gasteiger partial charge in [-0.3, -0.25) is 14.9 Å². The molecule has 2 aliphatic heterocycles. The van der Waals surface area contributed by atoms with Gasteiger partial charge >= 0.3 is 0 Å². The molecular weight excluding hydrogens is 538 g/mol. The van der Waals surface area contributed by atoms with Crippen molar-refractivity contribution < 1.29 is 0 Å². The average molecular weight is 594 g/mol. The van der Waals surface area contributed by atoms with E-state index >= 15 is 0 Å². The fourth-order valence-corrected chi connectivity index (χ4v) is 6.71. The van der Waals surface area contributed by atoms with E-state index in [1.54, 1.807) is 6.20 Å². The third-order valence-corrected chi connectivity index (χ3v) is 9.51. The molecule has 2 fully saturated rings. The summed E-state index contributed by atoms with van der Waals surface area (Å²) in [5.41, 5.74) is 18.7. The second-order valence-electron chi connectivity index (χ2n) is 12.7. The predicted octanol–water partition coefficient (Wildman–Crippen LogP) is 8.53. The van der Waals surface area contributed by atoms with Crippen LogP contribution >= 0.6 is 0 Å². The van der Waals surface area contributed by atoms with Crippen LogP contribution in [-0.2, 0) is 0 Å². The normalized spacial score (nSPS) is 18.2. The minimum absolute atomic E-state index is 0.455. The summed E-state index contributed by atoms with van der Waals surface area (Å²) in [7, 11) is 0. The van der Waals surface area contributed by atoms with Crippen molar-refractivity contribution in [1.82, 2.24) is 9.80 Å². The molecule has 2 N–H and O–H groups in total. The van der Waals surface area contributed by atoms with Crippen molar-refractivity contribution in [2.75, 3.05) is 39.3 Å². The Morgan fingerprint density at radius 2 is 1.55 bits per heavy atom. The van der Waals surface area contributed by atoms with Crippen LogP contribution in [0.25, 0.3) is 22.5 Å². The van der Waals surface area contributed by atoms with E-state index < -0.39 is 0 Å². The van der Waals surface area contributed by atoms with Gasteiger partial charge in [-0.1, -0.05) is 76.7 Å². The summed E-state index contributed by atoms with van der Waals surface area (Å²) in [6.07, 6.45) is 8.01. The Bertz CT molecular complexity index is 1430. The maximum Gasteiger partial charge on any atom is 0.0858 e. The van der Waals surface area contributed by atoms with Gasteiger partial charge in [0.05, 0.1) is 11.4 Å². The van der Waals surface area contributed by atoms with Crippen LogP contribution in [0.15, 0.2) is 70.8 Å². The van der Waals surface area contributed by atoms with Gasteiger partial charge in [0.25, 0.3) is 0 Å². The van der Waals surface area contributed by atoms with Crippen molar-refractivity contribution in [1.29, 1.82) is 0 Å². The molecule has 236 valence electrons. The van der Waals surface area contributed by atoms with Crippen molar-refractivity contribution in [3.05, 3.63) is 83.1 Å². The Hall–Kier alpha value is -3.28. The van der Waals surface area contributed by atoms with Crippen molar-refractivity contribution in [2.45, 2.75) is 74.1 Å². The molecule has 0 spiro atoms. The van der Waals surface area contributed by atoms with Gasteiger partial charge in [0.1, 0.15) is 0 Å². The Labute approximate surface area is 267 Å². The van der Waals surface area contributed by atoms with E-state index in [0.717, 1.165) is 85.2 Å². The SMILES string of the molecule is C=C(CN1CC(C)C1)C(CC)=N/C(=C\C)c1cccc(-c2cccc(/C(=C/N)N=C(CC)C(CC)CN3CCC3)c2C)c1C. The first kappa shape index (κ1) is 33.6. The zero-order valence-electron chi connectivity index (χ0n) is 28.4. The summed E-state index contributed by atoms with van der Waals surface area (Å²) in [6.45, 7) is 26.6. The Morgan fingerprint density at radius 1 is 0.932 bits per heavy atom. The number of benzene rings is 2. The van der Waals surface area contributed by atoms with Gasteiger partial charge < -0.3 is 10.6 Å². The first-order chi connectivity index (χ1) is 21.2. The molecule has 5 nitrogen and oxygen atoms in total. The van der Waals surface area contributed by atoms with Gasteiger partial charge in [-0.2, -0.15) is 0 Å². The first-order valence-corrected chi connectivity index (χ1v) is 16.8. The standard InChI is InChI=1S/C39H55N5/c1-9-31(26-43-20-15-21-43)37(11-3)42-39(22-40)35-19-14-17-33(30(35)8)32-16-13-18-34(29(32)7)38(12-4)41-36(10-2)28(6)25-44-23-27(5)24-44/h12-14,16-19,22,27,31H,6,9-11,15,20-21,23-26,40H2,1-5,7-8H3/b38-12-,39-22-,41-36?,42-37?. The number of hydrogen-bond donors (Lipinski definition) is 1.